The van der Waals surface area contributed by atoms with Gasteiger partial charge in [0.1, 0.15) is 5.82 Å². The predicted molar refractivity (Wildman–Crippen MR) is 73.1 cm³/mol. The van der Waals surface area contributed by atoms with E-state index in [-0.39, 0.29) is 0 Å². The van der Waals surface area contributed by atoms with Crippen molar-refractivity contribution in [3.63, 3.8) is 0 Å². The quantitative estimate of drug-likeness (QED) is 0.912. The first kappa shape index (κ1) is 10.5. The lowest BCUT2D eigenvalue weighted by molar-refractivity contribution is 0.973. The lowest BCUT2D eigenvalue weighted by atomic mass is 10.1. The van der Waals surface area contributed by atoms with E-state index in [4.69, 9.17) is 0 Å². The number of hydrogen-bond acceptors (Lipinski definition) is 4. The summed E-state index contributed by atoms with van der Waals surface area (Å²) < 4.78 is 4.42. The Balaban J connectivity index is 1.41. The van der Waals surface area contributed by atoms with Gasteiger partial charge in [-0.2, -0.15) is 4.37 Å². The summed E-state index contributed by atoms with van der Waals surface area (Å²) >= 11 is 1.51. The van der Waals surface area contributed by atoms with Crippen LogP contribution in [0.3, 0.4) is 0 Å². The summed E-state index contributed by atoms with van der Waals surface area (Å²) in [5.41, 5.74) is 1.43. The average molecular weight is 257 g/mol. The number of aromatic nitrogens is 2. The lowest BCUT2D eigenvalue weighted by Gasteiger charge is -2.01. The maximum atomic E-state index is 4.58. The second-order valence-electron chi connectivity index (χ2n) is 5.24. The highest BCUT2D eigenvalue weighted by Crippen LogP contribution is 2.44. The number of benzene rings is 1. The lowest BCUT2D eigenvalue weighted by Crippen LogP contribution is -2.03. The Bertz CT molecular complexity index is 547. The van der Waals surface area contributed by atoms with Gasteiger partial charge in [0.05, 0.1) is 0 Å². The second kappa shape index (κ2) is 4.05. The molecule has 2 unspecified atom stereocenters. The monoisotopic (exact) mass is 257 g/mol. The van der Waals surface area contributed by atoms with Gasteiger partial charge in [0.15, 0.2) is 0 Å². The molecule has 0 radical (unpaired) electrons. The molecule has 3 nitrogen and oxygen atoms in total. The van der Waals surface area contributed by atoms with E-state index in [9.17, 15) is 0 Å². The largest absolute Gasteiger partial charge is 0.357 e. The minimum atomic E-state index is 0.549. The van der Waals surface area contributed by atoms with Gasteiger partial charge in [-0.05, 0) is 24.8 Å². The fraction of sp³-hybridized carbons (Fsp3) is 0.429. The Morgan fingerprint density at radius 2 is 2.00 bits per heavy atom. The van der Waals surface area contributed by atoms with Crippen molar-refractivity contribution in [1.29, 1.82) is 0 Å². The van der Waals surface area contributed by atoms with Crippen LogP contribution in [0, 0.1) is 0 Å². The van der Waals surface area contributed by atoms with Crippen LogP contribution in [0.25, 0.3) is 0 Å². The molecule has 1 aromatic carbocycles. The van der Waals surface area contributed by atoms with Crippen molar-refractivity contribution < 1.29 is 0 Å². The predicted octanol–water partition coefficient (Wildman–Crippen LogP) is 3.38. The summed E-state index contributed by atoms with van der Waals surface area (Å²) in [4.78, 5) is 4.58. The van der Waals surface area contributed by atoms with Gasteiger partial charge in [-0.3, -0.25) is 0 Å². The van der Waals surface area contributed by atoms with E-state index in [1.807, 2.05) is 0 Å². The van der Waals surface area contributed by atoms with Gasteiger partial charge in [-0.15, -0.1) is 0 Å². The smallest absolute Gasteiger partial charge is 0.202 e. The van der Waals surface area contributed by atoms with Gasteiger partial charge in [-0.1, -0.05) is 30.3 Å². The molecule has 4 heteroatoms. The maximum absolute atomic E-state index is 4.58. The molecule has 2 atom stereocenters. The SMILES string of the molecule is c1ccc(C2CC2Nc2nc(C3CC3)ns2)cc1. The summed E-state index contributed by atoms with van der Waals surface area (Å²) in [6, 6.07) is 11.3. The van der Waals surface area contributed by atoms with E-state index in [2.05, 4.69) is 45.0 Å². The number of nitrogens with zero attached hydrogens (tertiary/aromatic N) is 2. The van der Waals surface area contributed by atoms with Gasteiger partial charge in [0, 0.05) is 29.4 Å². The van der Waals surface area contributed by atoms with E-state index in [1.54, 1.807) is 0 Å². The maximum Gasteiger partial charge on any atom is 0.202 e. The first-order valence-corrected chi connectivity index (χ1v) is 7.32. The molecule has 1 N–H and O–H groups in total. The van der Waals surface area contributed by atoms with Crippen LogP contribution in [0.5, 0.6) is 0 Å². The Kier molecular flexibility index (Phi) is 2.36. The zero-order chi connectivity index (χ0) is 11.9. The van der Waals surface area contributed by atoms with Crippen molar-refractivity contribution in [2.75, 3.05) is 5.32 Å². The van der Waals surface area contributed by atoms with E-state index >= 15 is 0 Å². The van der Waals surface area contributed by atoms with Gasteiger partial charge in [0.2, 0.25) is 5.13 Å². The third kappa shape index (κ3) is 2.01. The van der Waals surface area contributed by atoms with Crippen LogP contribution in [0.15, 0.2) is 30.3 Å². The minimum Gasteiger partial charge on any atom is -0.357 e. The Morgan fingerprint density at radius 1 is 1.17 bits per heavy atom. The third-order valence-corrected chi connectivity index (χ3v) is 4.37. The highest BCUT2D eigenvalue weighted by atomic mass is 32.1. The van der Waals surface area contributed by atoms with Crippen LogP contribution in [0.1, 0.15) is 42.5 Å². The van der Waals surface area contributed by atoms with E-state index < -0.39 is 0 Å². The van der Waals surface area contributed by atoms with E-state index in [1.165, 1.54) is 36.4 Å². The molecule has 4 rings (SSSR count). The van der Waals surface area contributed by atoms with Crippen molar-refractivity contribution >= 4 is 16.7 Å². The summed E-state index contributed by atoms with van der Waals surface area (Å²) in [7, 11) is 0. The van der Waals surface area contributed by atoms with Crippen molar-refractivity contribution in [3.05, 3.63) is 41.7 Å². The van der Waals surface area contributed by atoms with Crippen molar-refractivity contribution in [3.8, 4) is 0 Å². The molecule has 2 saturated carbocycles. The molecule has 0 amide bonds. The molecule has 2 aliphatic rings. The van der Waals surface area contributed by atoms with Crippen molar-refractivity contribution in [2.24, 2.45) is 0 Å². The van der Waals surface area contributed by atoms with Gasteiger partial charge >= 0.3 is 0 Å². The standard InChI is InChI=1S/C14H15N3S/c1-2-4-9(5-3-1)11-8-12(11)15-14-16-13(17-18-14)10-6-7-10/h1-5,10-12H,6-8H2,(H,15,16,17). The summed E-state index contributed by atoms with van der Waals surface area (Å²) in [6.45, 7) is 0. The Hall–Kier alpha value is -1.42. The summed E-state index contributed by atoms with van der Waals surface area (Å²) in [5, 5.41) is 4.51. The van der Waals surface area contributed by atoms with Crippen LogP contribution < -0.4 is 5.32 Å². The Morgan fingerprint density at radius 3 is 2.78 bits per heavy atom. The van der Waals surface area contributed by atoms with E-state index in [0.717, 1.165) is 11.0 Å². The molecule has 92 valence electrons. The van der Waals surface area contributed by atoms with E-state index in [0.29, 0.717) is 17.9 Å². The molecule has 0 saturated heterocycles. The molecule has 2 aliphatic carbocycles. The molecule has 0 bridgehead atoms. The molecule has 1 heterocycles. The molecular formula is C14H15N3S. The zero-order valence-corrected chi connectivity index (χ0v) is 10.9. The first-order valence-electron chi connectivity index (χ1n) is 6.55. The number of hydrogen-bond donors (Lipinski definition) is 1. The average Bonchev–Trinajstić information content (AvgIpc) is 3.31. The zero-order valence-electron chi connectivity index (χ0n) is 10.0. The van der Waals surface area contributed by atoms with Crippen LogP contribution in [0.2, 0.25) is 0 Å². The topological polar surface area (TPSA) is 37.8 Å². The molecule has 2 aromatic rings. The normalized spacial score (nSPS) is 26.0. The minimum absolute atomic E-state index is 0.549. The number of nitrogens with one attached hydrogen (secondary N) is 1. The molecule has 1 aromatic heterocycles. The van der Waals surface area contributed by atoms with Crippen LogP contribution >= 0.6 is 11.5 Å². The van der Waals surface area contributed by atoms with Crippen molar-refractivity contribution in [2.45, 2.75) is 37.1 Å². The van der Waals surface area contributed by atoms with Gasteiger partial charge in [-0.25, -0.2) is 4.98 Å². The molecule has 18 heavy (non-hydrogen) atoms. The number of rotatable bonds is 4. The van der Waals surface area contributed by atoms with Crippen LogP contribution in [0.4, 0.5) is 5.13 Å². The highest BCUT2D eigenvalue weighted by molar-refractivity contribution is 7.09. The summed E-state index contributed by atoms with van der Waals surface area (Å²) in [5.74, 6) is 2.36. The molecular weight excluding hydrogens is 242 g/mol. The van der Waals surface area contributed by atoms with Gasteiger partial charge < -0.3 is 5.32 Å². The molecule has 0 spiro atoms. The third-order valence-electron chi connectivity index (χ3n) is 3.71. The fourth-order valence-corrected chi connectivity index (χ4v) is 3.09. The molecule has 0 aliphatic heterocycles. The summed E-state index contributed by atoms with van der Waals surface area (Å²) in [6.07, 6.45) is 3.75. The van der Waals surface area contributed by atoms with Gasteiger partial charge in [0.25, 0.3) is 0 Å². The fourth-order valence-electron chi connectivity index (χ4n) is 2.38. The molecule has 2 fully saturated rings. The highest BCUT2D eigenvalue weighted by Gasteiger charge is 2.39. The second-order valence-corrected chi connectivity index (χ2v) is 5.99. The first-order chi connectivity index (χ1) is 8.90. The van der Waals surface area contributed by atoms with Crippen LogP contribution in [-0.2, 0) is 0 Å². The van der Waals surface area contributed by atoms with Crippen molar-refractivity contribution in [1.82, 2.24) is 9.36 Å². The Labute approximate surface area is 110 Å². The van der Waals surface area contributed by atoms with Crippen LogP contribution in [-0.4, -0.2) is 15.4 Å². The number of anilines is 1.